The number of carboxylic acids is 1. The summed E-state index contributed by atoms with van der Waals surface area (Å²) in [5.74, 6) is -0.399. The Labute approximate surface area is 116 Å². The van der Waals surface area contributed by atoms with E-state index in [9.17, 15) is 9.90 Å². The molecule has 3 heteroatoms. The van der Waals surface area contributed by atoms with Crippen LogP contribution < -0.4 is 0 Å². The molecule has 1 aromatic carbocycles. The molecule has 0 bridgehead atoms. The van der Waals surface area contributed by atoms with Crippen LogP contribution in [0.5, 0.6) is 0 Å². The van der Waals surface area contributed by atoms with Crippen LogP contribution in [0.2, 0.25) is 0 Å². The third-order valence-corrected chi connectivity index (χ3v) is 4.33. The molecule has 2 nitrogen and oxygen atoms in total. The number of hydrogen-bond donors (Lipinski definition) is 1. The van der Waals surface area contributed by atoms with Crippen LogP contribution in [0, 0.1) is 9.49 Å². The Morgan fingerprint density at radius 2 is 1.88 bits per heavy atom. The van der Waals surface area contributed by atoms with Crippen LogP contribution >= 0.6 is 22.6 Å². The molecule has 17 heavy (non-hydrogen) atoms. The van der Waals surface area contributed by atoms with Crippen LogP contribution in [0.25, 0.3) is 0 Å². The summed E-state index contributed by atoms with van der Waals surface area (Å²) in [7, 11) is 0. The predicted molar refractivity (Wildman–Crippen MR) is 76.1 cm³/mol. The highest BCUT2D eigenvalue weighted by molar-refractivity contribution is 14.1. The average molecular weight is 344 g/mol. The highest BCUT2D eigenvalue weighted by atomic mass is 127. The molecule has 2 rings (SSSR count). The maximum Gasteiger partial charge on any atom is 0.310 e. The third kappa shape index (κ3) is 3.44. The molecule has 1 aromatic rings. The van der Waals surface area contributed by atoms with Gasteiger partial charge in [0.1, 0.15) is 0 Å². The molecule has 1 aliphatic rings. The summed E-state index contributed by atoms with van der Waals surface area (Å²) in [5, 5.41) is 9.35. The van der Waals surface area contributed by atoms with E-state index in [1.807, 2.05) is 24.3 Å². The summed E-state index contributed by atoms with van der Waals surface area (Å²) in [4.78, 5) is 11.4. The predicted octanol–water partition coefficient (Wildman–Crippen LogP) is 4.04. The molecule has 1 fully saturated rings. The summed E-state index contributed by atoms with van der Waals surface area (Å²) in [6.07, 6.45) is 5.74. The molecule has 0 radical (unpaired) electrons. The largest absolute Gasteiger partial charge is 0.481 e. The van der Waals surface area contributed by atoms with Gasteiger partial charge in [0.2, 0.25) is 0 Å². The Kier molecular flexibility index (Phi) is 4.42. The summed E-state index contributed by atoms with van der Waals surface area (Å²) < 4.78 is 1.15. The zero-order valence-electron chi connectivity index (χ0n) is 9.73. The van der Waals surface area contributed by atoms with Crippen molar-refractivity contribution in [1.29, 1.82) is 0 Å². The zero-order valence-corrected chi connectivity index (χ0v) is 11.9. The molecule has 92 valence electrons. The molecule has 0 aliphatic heterocycles. The number of rotatable bonds is 4. The molecule has 0 heterocycles. The lowest BCUT2D eigenvalue weighted by molar-refractivity contribution is -0.139. The maximum atomic E-state index is 11.4. The molecule has 1 atom stereocenters. The standard InChI is InChI=1S/C14H17IO2/c15-12-7-5-11(6-8-12)13(14(16)17)9-10-3-1-2-4-10/h5-8,10,13H,1-4,9H2,(H,16,17)/t13-/m0/s1. The Bertz CT molecular complexity index is 380. The fraction of sp³-hybridized carbons (Fsp3) is 0.500. The number of carbonyl (C=O) groups is 1. The topological polar surface area (TPSA) is 37.3 Å². The van der Waals surface area contributed by atoms with Crippen molar-refractivity contribution in [3.63, 3.8) is 0 Å². The van der Waals surface area contributed by atoms with Gasteiger partial charge in [-0.3, -0.25) is 4.79 Å². The van der Waals surface area contributed by atoms with Crippen molar-refractivity contribution in [3.8, 4) is 0 Å². The highest BCUT2D eigenvalue weighted by Crippen LogP contribution is 2.34. The van der Waals surface area contributed by atoms with Gasteiger partial charge in [0, 0.05) is 3.57 Å². The summed E-state index contributed by atoms with van der Waals surface area (Å²) in [6.45, 7) is 0. The minimum Gasteiger partial charge on any atom is -0.481 e. The average Bonchev–Trinajstić information content (AvgIpc) is 2.80. The first kappa shape index (κ1) is 12.9. The molecule has 0 amide bonds. The van der Waals surface area contributed by atoms with Gasteiger partial charge in [0.05, 0.1) is 5.92 Å². The van der Waals surface area contributed by atoms with Crippen molar-refractivity contribution in [3.05, 3.63) is 33.4 Å². The zero-order chi connectivity index (χ0) is 12.3. The van der Waals surface area contributed by atoms with Crippen LogP contribution in [0.4, 0.5) is 0 Å². The van der Waals surface area contributed by atoms with Gasteiger partial charge >= 0.3 is 5.97 Å². The van der Waals surface area contributed by atoms with Crippen LogP contribution in [0.15, 0.2) is 24.3 Å². The number of hydrogen-bond acceptors (Lipinski definition) is 1. The molecule has 0 spiro atoms. The van der Waals surface area contributed by atoms with Gasteiger partial charge in [-0.05, 0) is 52.6 Å². The van der Waals surface area contributed by atoms with Gasteiger partial charge in [0.25, 0.3) is 0 Å². The van der Waals surface area contributed by atoms with Gasteiger partial charge in [0.15, 0.2) is 0 Å². The molecule has 1 N–H and O–H groups in total. The van der Waals surface area contributed by atoms with E-state index in [1.165, 1.54) is 25.7 Å². The fourth-order valence-electron chi connectivity index (χ4n) is 2.65. The van der Waals surface area contributed by atoms with Crippen molar-refractivity contribution in [2.45, 2.75) is 38.0 Å². The number of halogens is 1. The van der Waals surface area contributed by atoms with Crippen molar-refractivity contribution in [2.24, 2.45) is 5.92 Å². The molecule has 0 unspecified atom stereocenters. The van der Waals surface area contributed by atoms with Gasteiger partial charge in [-0.1, -0.05) is 37.8 Å². The maximum absolute atomic E-state index is 11.4. The van der Waals surface area contributed by atoms with Gasteiger partial charge < -0.3 is 5.11 Å². The van der Waals surface area contributed by atoms with E-state index in [2.05, 4.69) is 22.6 Å². The Balaban J connectivity index is 2.10. The second-order valence-corrected chi connectivity index (χ2v) is 6.07. The van der Waals surface area contributed by atoms with Crippen LogP contribution in [-0.4, -0.2) is 11.1 Å². The fourth-order valence-corrected chi connectivity index (χ4v) is 3.01. The monoisotopic (exact) mass is 344 g/mol. The van der Waals surface area contributed by atoms with E-state index >= 15 is 0 Å². The first-order valence-electron chi connectivity index (χ1n) is 6.15. The van der Waals surface area contributed by atoms with Crippen LogP contribution in [-0.2, 0) is 4.79 Å². The van der Waals surface area contributed by atoms with E-state index in [4.69, 9.17) is 0 Å². The first-order valence-corrected chi connectivity index (χ1v) is 7.23. The van der Waals surface area contributed by atoms with E-state index in [-0.39, 0.29) is 5.92 Å². The molecule has 0 aromatic heterocycles. The summed E-state index contributed by atoms with van der Waals surface area (Å²) >= 11 is 2.24. The third-order valence-electron chi connectivity index (χ3n) is 3.61. The SMILES string of the molecule is O=C(O)[C@@H](CC1CCCC1)c1ccc(I)cc1. The number of aliphatic carboxylic acids is 1. The van der Waals surface area contributed by atoms with Crippen LogP contribution in [0.1, 0.15) is 43.6 Å². The minimum absolute atomic E-state index is 0.324. The Morgan fingerprint density at radius 3 is 2.41 bits per heavy atom. The Morgan fingerprint density at radius 1 is 1.29 bits per heavy atom. The van der Waals surface area contributed by atoms with E-state index < -0.39 is 5.97 Å². The van der Waals surface area contributed by atoms with E-state index in [0.717, 1.165) is 15.6 Å². The molecule has 1 aliphatic carbocycles. The first-order chi connectivity index (χ1) is 8.16. The summed E-state index contributed by atoms with van der Waals surface area (Å²) in [6, 6.07) is 7.88. The van der Waals surface area contributed by atoms with E-state index in [1.54, 1.807) is 0 Å². The molecule has 0 saturated heterocycles. The lowest BCUT2D eigenvalue weighted by atomic mass is 9.88. The Hall–Kier alpha value is -0.580. The highest BCUT2D eigenvalue weighted by Gasteiger charge is 2.26. The molecular formula is C14H17IO2. The van der Waals surface area contributed by atoms with Gasteiger partial charge in [-0.25, -0.2) is 0 Å². The number of carboxylic acid groups (broad SMARTS) is 1. The van der Waals surface area contributed by atoms with Crippen molar-refractivity contribution >= 4 is 28.6 Å². The normalized spacial score (nSPS) is 18.2. The van der Waals surface area contributed by atoms with Crippen LogP contribution in [0.3, 0.4) is 0 Å². The van der Waals surface area contributed by atoms with E-state index in [0.29, 0.717) is 5.92 Å². The van der Waals surface area contributed by atoms with Gasteiger partial charge in [-0.15, -0.1) is 0 Å². The molecule has 1 saturated carbocycles. The lowest BCUT2D eigenvalue weighted by Crippen LogP contribution is -2.15. The number of benzene rings is 1. The quantitative estimate of drug-likeness (QED) is 0.837. The second kappa shape index (κ2) is 5.85. The lowest BCUT2D eigenvalue weighted by Gasteiger charge is -2.17. The van der Waals surface area contributed by atoms with Crippen molar-refractivity contribution < 1.29 is 9.90 Å². The van der Waals surface area contributed by atoms with Crippen molar-refractivity contribution in [1.82, 2.24) is 0 Å². The summed E-state index contributed by atoms with van der Waals surface area (Å²) in [5.41, 5.74) is 0.949. The molecular weight excluding hydrogens is 327 g/mol. The van der Waals surface area contributed by atoms with Gasteiger partial charge in [-0.2, -0.15) is 0 Å². The second-order valence-electron chi connectivity index (χ2n) is 4.83. The smallest absolute Gasteiger partial charge is 0.310 e. The minimum atomic E-state index is -0.682. The van der Waals surface area contributed by atoms with Crippen molar-refractivity contribution in [2.75, 3.05) is 0 Å².